The fraction of sp³-hybridized carbons (Fsp3) is 0.600. The molecule has 2 atom stereocenters. The molecule has 2 aliphatic heterocycles. The van der Waals surface area contributed by atoms with Gasteiger partial charge in [-0.15, -0.1) is 0 Å². The van der Waals surface area contributed by atoms with E-state index in [0.29, 0.717) is 18.6 Å². The lowest BCUT2D eigenvalue weighted by Crippen LogP contribution is -2.54. The quantitative estimate of drug-likeness (QED) is 0.812. The van der Waals surface area contributed by atoms with Crippen molar-refractivity contribution >= 4 is 0 Å². The summed E-state index contributed by atoms with van der Waals surface area (Å²) in [7, 11) is 0. The summed E-state index contributed by atoms with van der Waals surface area (Å²) in [6, 6.07) is 4.89. The van der Waals surface area contributed by atoms with Gasteiger partial charge in [-0.05, 0) is 44.0 Å². The van der Waals surface area contributed by atoms with Crippen LogP contribution in [0.3, 0.4) is 0 Å². The third kappa shape index (κ3) is 2.79. The highest BCUT2D eigenvalue weighted by atomic mass is 19.1. The van der Waals surface area contributed by atoms with Crippen molar-refractivity contribution in [1.82, 2.24) is 9.80 Å². The lowest BCUT2D eigenvalue weighted by molar-refractivity contribution is 0.0539. The zero-order chi connectivity index (χ0) is 13.4. The Morgan fingerprint density at radius 1 is 1.16 bits per heavy atom. The second kappa shape index (κ2) is 5.17. The number of fused-ring (bicyclic) bond motifs is 1. The van der Waals surface area contributed by atoms with E-state index in [1.54, 1.807) is 0 Å². The number of benzene rings is 1. The molecule has 104 valence electrons. The summed E-state index contributed by atoms with van der Waals surface area (Å²) in [4.78, 5) is 4.90. The van der Waals surface area contributed by atoms with E-state index >= 15 is 0 Å². The van der Waals surface area contributed by atoms with Crippen molar-refractivity contribution in [2.45, 2.75) is 38.4 Å². The van der Waals surface area contributed by atoms with Crippen molar-refractivity contribution in [3.8, 4) is 0 Å². The van der Waals surface area contributed by atoms with Gasteiger partial charge in [0.15, 0.2) is 0 Å². The van der Waals surface area contributed by atoms with Crippen molar-refractivity contribution in [1.29, 1.82) is 0 Å². The Labute approximate surface area is 113 Å². The van der Waals surface area contributed by atoms with Gasteiger partial charge in [-0.25, -0.2) is 8.78 Å². The van der Waals surface area contributed by atoms with Gasteiger partial charge in [0.05, 0.1) is 0 Å². The molecule has 0 saturated carbocycles. The molecule has 2 aliphatic rings. The van der Waals surface area contributed by atoms with Crippen LogP contribution in [0.4, 0.5) is 8.78 Å². The fourth-order valence-electron chi connectivity index (χ4n) is 3.40. The van der Waals surface area contributed by atoms with Crippen LogP contribution < -0.4 is 0 Å². The van der Waals surface area contributed by atoms with Gasteiger partial charge in [-0.2, -0.15) is 0 Å². The molecule has 2 nitrogen and oxygen atoms in total. The van der Waals surface area contributed by atoms with Gasteiger partial charge in [0.2, 0.25) is 0 Å². The van der Waals surface area contributed by atoms with Crippen LogP contribution in [0.15, 0.2) is 18.2 Å². The molecule has 1 aromatic rings. The first-order chi connectivity index (χ1) is 9.11. The Balaban J connectivity index is 1.71. The maximum atomic E-state index is 13.2. The first-order valence-electron chi connectivity index (χ1n) is 7.05. The molecule has 0 amide bonds. The molecular weight excluding hydrogens is 246 g/mol. The van der Waals surface area contributed by atoms with Gasteiger partial charge in [-0.3, -0.25) is 9.80 Å². The summed E-state index contributed by atoms with van der Waals surface area (Å²) < 4.78 is 26.5. The van der Waals surface area contributed by atoms with E-state index in [1.165, 1.54) is 31.5 Å². The van der Waals surface area contributed by atoms with E-state index in [2.05, 4.69) is 16.7 Å². The third-order valence-corrected chi connectivity index (χ3v) is 4.37. The predicted molar refractivity (Wildman–Crippen MR) is 70.8 cm³/mol. The smallest absolute Gasteiger partial charge is 0.126 e. The molecule has 0 aliphatic carbocycles. The average Bonchev–Trinajstić information content (AvgIpc) is 2.75. The molecule has 19 heavy (non-hydrogen) atoms. The van der Waals surface area contributed by atoms with Crippen molar-refractivity contribution < 1.29 is 8.78 Å². The molecule has 2 saturated heterocycles. The van der Waals surface area contributed by atoms with Crippen LogP contribution in [0.1, 0.15) is 25.3 Å². The fourth-order valence-corrected chi connectivity index (χ4v) is 3.40. The van der Waals surface area contributed by atoms with Gasteiger partial charge in [0, 0.05) is 37.8 Å². The van der Waals surface area contributed by atoms with Crippen LogP contribution in [-0.4, -0.2) is 41.5 Å². The third-order valence-electron chi connectivity index (χ3n) is 4.37. The second-order valence-corrected chi connectivity index (χ2v) is 5.85. The van der Waals surface area contributed by atoms with Gasteiger partial charge in [-0.1, -0.05) is 0 Å². The van der Waals surface area contributed by atoms with Gasteiger partial charge in [0.1, 0.15) is 11.6 Å². The minimum Gasteiger partial charge on any atom is -0.298 e. The number of rotatable bonds is 2. The first-order valence-corrected chi connectivity index (χ1v) is 7.05. The predicted octanol–water partition coefficient (Wildman–Crippen LogP) is 2.63. The summed E-state index contributed by atoms with van der Waals surface area (Å²) in [5, 5.41) is 0. The molecule has 0 spiro atoms. The molecule has 0 bridgehead atoms. The van der Waals surface area contributed by atoms with E-state index in [1.807, 2.05) is 0 Å². The minimum absolute atomic E-state index is 0.445. The number of hydrogen-bond donors (Lipinski definition) is 0. The van der Waals surface area contributed by atoms with Crippen LogP contribution in [-0.2, 0) is 6.54 Å². The molecular formula is C15H20F2N2. The Kier molecular flexibility index (Phi) is 3.54. The van der Waals surface area contributed by atoms with E-state index in [4.69, 9.17) is 0 Å². The standard InChI is InChI=1S/C15H20F2N2/c1-11-8-18-4-2-3-15(18)10-19(11)9-12-5-13(16)7-14(17)6-12/h5-7,11,15H,2-4,8-10H2,1H3/t11-,15?/m1/s1. The maximum Gasteiger partial charge on any atom is 0.126 e. The topological polar surface area (TPSA) is 6.48 Å². The van der Waals surface area contributed by atoms with Gasteiger partial charge in [0.25, 0.3) is 0 Å². The number of halogens is 2. The van der Waals surface area contributed by atoms with E-state index in [9.17, 15) is 8.78 Å². The van der Waals surface area contributed by atoms with Crippen molar-refractivity contribution in [3.05, 3.63) is 35.4 Å². The Morgan fingerprint density at radius 2 is 1.89 bits per heavy atom. The van der Waals surface area contributed by atoms with Crippen molar-refractivity contribution in [2.75, 3.05) is 19.6 Å². The Hall–Kier alpha value is -1.00. The molecule has 4 heteroatoms. The Bertz CT molecular complexity index is 443. The summed E-state index contributed by atoms with van der Waals surface area (Å²) in [5.74, 6) is -0.968. The van der Waals surface area contributed by atoms with Crippen LogP contribution in [0.25, 0.3) is 0 Å². The van der Waals surface area contributed by atoms with E-state index in [0.717, 1.165) is 24.7 Å². The summed E-state index contributed by atoms with van der Waals surface area (Å²) in [5.41, 5.74) is 0.732. The van der Waals surface area contributed by atoms with Crippen LogP contribution in [0, 0.1) is 11.6 Å². The van der Waals surface area contributed by atoms with E-state index in [-0.39, 0.29) is 0 Å². The van der Waals surface area contributed by atoms with Gasteiger partial charge < -0.3 is 0 Å². The lowest BCUT2D eigenvalue weighted by Gasteiger charge is -2.42. The lowest BCUT2D eigenvalue weighted by atomic mass is 10.1. The summed E-state index contributed by atoms with van der Waals surface area (Å²) in [6.45, 7) is 6.13. The molecule has 0 N–H and O–H groups in total. The second-order valence-electron chi connectivity index (χ2n) is 5.85. The highest BCUT2D eigenvalue weighted by molar-refractivity contribution is 5.18. The maximum absolute atomic E-state index is 13.2. The average molecular weight is 266 g/mol. The molecule has 1 aromatic carbocycles. The first kappa shape index (κ1) is 13.0. The minimum atomic E-state index is -0.484. The normalized spacial score (nSPS) is 28.6. The van der Waals surface area contributed by atoms with Crippen LogP contribution >= 0.6 is 0 Å². The SMILES string of the molecule is C[C@@H]1CN2CCCC2CN1Cc1cc(F)cc(F)c1. The highest BCUT2D eigenvalue weighted by Crippen LogP contribution is 2.25. The molecule has 2 heterocycles. The monoisotopic (exact) mass is 266 g/mol. The van der Waals surface area contributed by atoms with Crippen LogP contribution in [0.5, 0.6) is 0 Å². The summed E-state index contributed by atoms with van der Waals surface area (Å²) in [6.07, 6.45) is 2.53. The van der Waals surface area contributed by atoms with Crippen molar-refractivity contribution in [3.63, 3.8) is 0 Å². The van der Waals surface area contributed by atoms with Crippen molar-refractivity contribution in [2.24, 2.45) is 0 Å². The highest BCUT2D eigenvalue weighted by Gasteiger charge is 2.34. The van der Waals surface area contributed by atoms with E-state index < -0.39 is 11.6 Å². The Morgan fingerprint density at radius 3 is 2.63 bits per heavy atom. The zero-order valence-electron chi connectivity index (χ0n) is 11.3. The molecule has 0 aromatic heterocycles. The molecule has 3 rings (SSSR count). The summed E-state index contributed by atoms with van der Waals surface area (Å²) >= 11 is 0. The van der Waals surface area contributed by atoms with Crippen LogP contribution in [0.2, 0.25) is 0 Å². The zero-order valence-corrected chi connectivity index (χ0v) is 11.3. The molecule has 2 fully saturated rings. The largest absolute Gasteiger partial charge is 0.298 e. The number of nitrogens with zero attached hydrogens (tertiary/aromatic N) is 2. The number of piperazine rings is 1. The number of hydrogen-bond acceptors (Lipinski definition) is 2. The van der Waals surface area contributed by atoms with Gasteiger partial charge >= 0.3 is 0 Å². The molecule has 0 radical (unpaired) electrons. The molecule has 1 unspecified atom stereocenters.